The van der Waals surface area contributed by atoms with Crippen LogP contribution in [0, 0.1) is 11.3 Å². The van der Waals surface area contributed by atoms with Gasteiger partial charge in [0.2, 0.25) is 0 Å². The second-order valence-corrected chi connectivity index (χ2v) is 13.9. The maximum Gasteiger partial charge on any atom is 0.284 e. The molecule has 2 rings (SSSR count). The third kappa shape index (κ3) is 5.93. The molecule has 28 heavy (non-hydrogen) atoms. The van der Waals surface area contributed by atoms with E-state index in [1.807, 2.05) is 38.4 Å². The van der Waals surface area contributed by atoms with Crippen molar-refractivity contribution in [2.75, 3.05) is 20.7 Å². The summed E-state index contributed by atoms with van der Waals surface area (Å²) in [6.45, 7) is 12.3. The van der Waals surface area contributed by atoms with Crippen molar-refractivity contribution in [3.8, 4) is 0 Å². The Kier molecular flexibility index (Phi) is 7.48. The van der Waals surface area contributed by atoms with Crippen LogP contribution in [-0.4, -0.2) is 52.1 Å². The van der Waals surface area contributed by atoms with E-state index >= 15 is 0 Å². The predicted octanol–water partition coefficient (Wildman–Crippen LogP) is 4.66. The van der Waals surface area contributed by atoms with Crippen LogP contribution in [0.1, 0.15) is 26.3 Å². The molecule has 1 N–H and O–H groups in total. The molecule has 156 valence electrons. The molecule has 1 aliphatic rings. The van der Waals surface area contributed by atoms with E-state index in [4.69, 9.17) is 19.3 Å². The third-order valence-corrected chi connectivity index (χ3v) is 10.1. The zero-order valence-electron chi connectivity index (χ0n) is 18.4. The fourth-order valence-corrected chi connectivity index (χ4v) is 4.06. The summed E-state index contributed by atoms with van der Waals surface area (Å²) in [6.07, 6.45) is 3.83. The molecule has 0 saturated carbocycles. The molecule has 0 spiro atoms. The molecule has 1 aliphatic carbocycles. The highest BCUT2D eigenvalue weighted by Gasteiger charge is 2.43. The van der Waals surface area contributed by atoms with Gasteiger partial charge in [0.15, 0.2) is 8.32 Å². The summed E-state index contributed by atoms with van der Waals surface area (Å²) in [4.78, 5) is 1.66. The van der Waals surface area contributed by atoms with Crippen molar-refractivity contribution < 1.29 is 13.9 Å². The van der Waals surface area contributed by atoms with Crippen LogP contribution < -0.4 is 0 Å². The Morgan fingerprint density at radius 1 is 1.07 bits per heavy atom. The molecule has 1 aromatic carbocycles. The lowest BCUT2D eigenvalue weighted by Crippen LogP contribution is -2.46. The van der Waals surface area contributed by atoms with Gasteiger partial charge in [-0.1, -0.05) is 57.2 Å². The maximum absolute atomic E-state index is 8.05. The number of rotatable bonds is 7. The van der Waals surface area contributed by atoms with Crippen LogP contribution in [0.15, 0.2) is 42.5 Å². The second kappa shape index (κ2) is 9.24. The highest BCUT2D eigenvalue weighted by molar-refractivity contribution is 6.74. The molecule has 3 atom stereocenters. The summed E-state index contributed by atoms with van der Waals surface area (Å²) in [5.41, 5.74) is 1.15. The summed E-state index contributed by atoms with van der Waals surface area (Å²) in [5, 5.41) is 8.18. The van der Waals surface area contributed by atoms with Crippen LogP contribution in [0.25, 0.3) is 0 Å². The van der Waals surface area contributed by atoms with Crippen LogP contribution in [0.4, 0.5) is 0 Å². The molecule has 0 radical (unpaired) electrons. The van der Waals surface area contributed by atoms with Gasteiger partial charge in [0.25, 0.3) is 6.02 Å². The van der Waals surface area contributed by atoms with Gasteiger partial charge >= 0.3 is 0 Å². The number of hydrogen-bond acceptors (Lipinski definition) is 4. The van der Waals surface area contributed by atoms with E-state index in [2.05, 4.69) is 52.1 Å². The summed E-state index contributed by atoms with van der Waals surface area (Å²) < 4.78 is 18.6. The Balaban J connectivity index is 2.07. The molecule has 0 unspecified atom stereocenters. The van der Waals surface area contributed by atoms with Crippen LogP contribution in [0.5, 0.6) is 0 Å². The zero-order valence-corrected chi connectivity index (χ0v) is 19.4. The van der Waals surface area contributed by atoms with Gasteiger partial charge in [-0.3, -0.25) is 5.41 Å². The van der Waals surface area contributed by atoms with E-state index in [9.17, 15) is 0 Å². The quantitative estimate of drug-likeness (QED) is 0.311. The molecule has 0 amide bonds. The molecular formula is C22H36N2O3Si. The monoisotopic (exact) mass is 404 g/mol. The normalized spacial score (nSPS) is 22.3. The van der Waals surface area contributed by atoms with Crippen LogP contribution in [0.2, 0.25) is 18.1 Å². The van der Waals surface area contributed by atoms with Gasteiger partial charge in [0.05, 0.1) is 25.2 Å². The Labute approximate surface area is 171 Å². The third-order valence-electron chi connectivity index (χ3n) is 5.65. The molecule has 0 heterocycles. The predicted molar refractivity (Wildman–Crippen MR) is 117 cm³/mol. The van der Waals surface area contributed by atoms with Gasteiger partial charge in [-0.2, -0.15) is 0 Å². The number of ether oxygens (including phenoxy) is 2. The minimum absolute atomic E-state index is 0.0261. The first-order valence-corrected chi connectivity index (χ1v) is 12.8. The topological polar surface area (TPSA) is 54.8 Å². The lowest BCUT2D eigenvalue weighted by molar-refractivity contribution is 0.00452. The minimum Gasteiger partial charge on any atom is -0.457 e. The van der Waals surface area contributed by atoms with E-state index in [0.717, 1.165) is 5.56 Å². The molecule has 0 aromatic heterocycles. The molecule has 0 fully saturated rings. The number of nitrogens with zero attached hydrogens (tertiary/aromatic N) is 1. The van der Waals surface area contributed by atoms with Gasteiger partial charge in [0, 0.05) is 14.1 Å². The van der Waals surface area contributed by atoms with Crippen molar-refractivity contribution in [2.45, 2.75) is 57.7 Å². The number of nitrogens with one attached hydrogen (secondary N) is 1. The standard InChI is InChI=1S/C22H36N2O3Si/c1-22(2,3)28(6,7)27-20-14-13-19(26-21(23)24(4)5)18(20)16-25-15-17-11-9-8-10-12-17/h8-14,18-20,23H,15-16H2,1-7H3/t18-,19+,20-/m0/s1. The number of hydrogen-bond donors (Lipinski definition) is 1. The van der Waals surface area contributed by atoms with E-state index in [-0.39, 0.29) is 29.2 Å². The van der Waals surface area contributed by atoms with Gasteiger partial charge in [-0.05, 0) is 29.8 Å². The van der Waals surface area contributed by atoms with Crippen molar-refractivity contribution in [1.82, 2.24) is 4.90 Å². The number of benzene rings is 1. The van der Waals surface area contributed by atoms with Crippen molar-refractivity contribution in [3.63, 3.8) is 0 Å². The first-order valence-electron chi connectivity index (χ1n) is 9.91. The second-order valence-electron chi connectivity index (χ2n) is 9.17. The van der Waals surface area contributed by atoms with Crippen LogP contribution >= 0.6 is 0 Å². The molecule has 5 nitrogen and oxygen atoms in total. The van der Waals surface area contributed by atoms with Gasteiger partial charge < -0.3 is 18.8 Å². The maximum atomic E-state index is 8.05. The minimum atomic E-state index is -1.93. The van der Waals surface area contributed by atoms with Crippen molar-refractivity contribution >= 4 is 14.3 Å². The van der Waals surface area contributed by atoms with Crippen molar-refractivity contribution in [1.29, 1.82) is 5.41 Å². The largest absolute Gasteiger partial charge is 0.457 e. The van der Waals surface area contributed by atoms with Crippen LogP contribution in [-0.2, 0) is 20.5 Å². The smallest absolute Gasteiger partial charge is 0.284 e. The lowest BCUT2D eigenvalue weighted by atomic mass is 10.0. The summed E-state index contributed by atoms with van der Waals surface area (Å²) in [5.74, 6) is 0.0261. The van der Waals surface area contributed by atoms with E-state index in [1.165, 1.54) is 0 Å². The Bertz CT molecular complexity index is 668. The van der Waals surface area contributed by atoms with Gasteiger partial charge in [-0.25, -0.2) is 0 Å². The van der Waals surface area contributed by atoms with Crippen molar-refractivity contribution in [2.24, 2.45) is 5.92 Å². The first-order chi connectivity index (χ1) is 13.0. The van der Waals surface area contributed by atoms with E-state index in [1.54, 1.807) is 4.90 Å². The average molecular weight is 405 g/mol. The first kappa shape index (κ1) is 22.7. The highest BCUT2D eigenvalue weighted by atomic mass is 28.4. The Morgan fingerprint density at radius 2 is 1.68 bits per heavy atom. The zero-order chi connectivity index (χ0) is 20.9. The molecule has 1 aromatic rings. The SMILES string of the molecule is CN(C)C(=N)O[C@@H]1C=C[C@H](O[Si](C)(C)C(C)(C)C)[C@H]1COCc1ccccc1. The van der Waals surface area contributed by atoms with E-state index in [0.29, 0.717) is 13.2 Å². The van der Waals surface area contributed by atoms with Crippen LogP contribution in [0.3, 0.4) is 0 Å². The fraction of sp³-hybridized carbons (Fsp3) is 0.591. The number of amidine groups is 1. The lowest BCUT2D eigenvalue weighted by Gasteiger charge is -2.40. The summed E-state index contributed by atoms with van der Waals surface area (Å²) in [6, 6.07) is 10.3. The Hall–Kier alpha value is -1.63. The van der Waals surface area contributed by atoms with E-state index < -0.39 is 8.32 Å². The molecule has 0 aliphatic heterocycles. The molecule has 0 saturated heterocycles. The summed E-state index contributed by atoms with van der Waals surface area (Å²) in [7, 11) is 1.69. The molecular weight excluding hydrogens is 368 g/mol. The van der Waals surface area contributed by atoms with Crippen molar-refractivity contribution in [3.05, 3.63) is 48.0 Å². The molecule has 6 heteroatoms. The molecule has 0 bridgehead atoms. The van der Waals surface area contributed by atoms with Gasteiger partial charge in [-0.15, -0.1) is 0 Å². The average Bonchev–Trinajstić information content (AvgIpc) is 2.96. The fourth-order valence-electron chi connectivity index (χ4n) is 2.77. The van der Waals surface area contributed by atoms with Gasteiger partial charge in [0.1, 0.15) is 6.10 Å². The highest BCUT2D eigenvalue weighted by Crippen LogP contribution is 2.40. The Morgan fingerprint density at radius 3 is 2.25 bits per heavy atom. The summed E-state index contributed by atoms with van der Waals surface area (Å²) >= 11 is 0.